The van der Waals surface area contributed by atoms with E-state index >= 15 is 0 Å². The average Bonchev–Trinajstić information content (AvgIpc) is 3.04. The summed E-state index contributed by atoms with van der Waals surface area (Å²) >= 11 is 0. The van der Waals surface area contributed by atoms with Gasteiger partial charge in [0, 0.05) is 24.3 Å². The number of hydrogen-bond donors (Lipinski definition) is 1. The summed E-state index contributed by atoms with van der Waals surface area (Å²) in [6, 6.07) is 4.13. The van der Waals surface area contributed by atoms with Crippen LogP contribution < -0.4 is 0 Å². The van der Waals surface area contributed by atoms with Crippen LogP contribution in [0, 0.1) is 11.7 Å². The molecule has 0 saturated carbocycles. The van der Waals surface area contributed by atoms with Crippen LogP contribution in [0.2, 0.25) is 0 Å². The Morgan fingerprint density at radius 1 is 1.36 bits per heavy atom. The molecule has 132 valence electrons. The molecule has 6 heteroatoms. The molecule has 1 aromatic carbocycles. The minimum Gasteiger partial charge on any atom is -0.478 e. The molecular weight excluding hydrogens is 321 g/mol. The highest BCUT2D eigenvalue weighted by Gasteiger charge is 2.24. The largest absolute Gasteiger partial charge is 0.478 e. The number of aromatic carboxylic acids is 1. The van der Waals surface area contributed by atoms with Crippen molar-refractivity contribution in [1.29, 1.82) is 0 Å². The zero-order valence-corrected chi connectivity index (χ0v) is 14.4. The number of likely N-dealkylation sites (tertiary alicyclic amines) is 1. The predicted molar refractivity (Wildman–Crippen MR) is 92.9 cm³/mol. The van der Waals surface area contributed by atoms with Crippen LogP contribution in [0.1, 0.15) is 36.3 Å². The summed E-state index contributed by atoms with van der Waals surface area (Å²) in [6.45, 7) is 6.58. The lowest BCUT2D eigenvalue weighted by atomic mass is 10.0. The van der Waals surface area contributed by atoms with Crippen LogP contribution in [0.4, 0.5) is 4.39 Å². The number of carbonyl (C=O) groups is 1. The van der Waals surface area contributed by atoms with Crippen molar-refractivity contribution in [2.45, 2.75) is 32.7 Å². The standard InChI is InChI=1S/C19H22FN3O2/c1-12(2)23-6-5-13(11-23)7-15-9-22-18(10-21-15)17-8-14(20)3-4-16(17)19(24)25/h3-4,8-10,12-13H,5-7,11H2,1-2H3,(H,24,25). The number of aromatic nitrogens is 2. The molecule has 1 fully saturated rings. The third-order valence-electron chi connectivity index (χ3n) is 4.74. The first-order valence-electron chi connectivity index (χ1n) is 8.52. The van der Waals surface area contributed by atoms with E-state index in [0.717, 1.165) is 37.7 Å². The van der Waals surface area contributed by atoms with Crippen molar-refractivity contribution in [3.8, 4) is 11.3 Å². The monoisotopic (exact) mass is 343 g/mol. The molecule has 1 unspecified atom stereocenters. The summed E-state index contributed by atoms with van der Waals surface area (Å²) in [5, 5.41) is 9.26. The van der Waals surface area contributed by atoms with Crippen molar-refractivity contribution in [3.05, 3.63) is 47.7 Å². The fourth-order valence-corrected chi connectivity index (χ4v) is 3.31. The van der Waals surface area contributed by atoms with E-state index in [1.54, 1.807) is 6.20 Å². The first-order valence-corrected chi connectivity index (χ1v) is 8.52. The Hall–Kier alpha value is -2.34. The second-order valence-corrected chi connectivity index (χ2v) is 6.84. The molecule has 1 aliphatic rings. The van der Waals surface area contributed by atoms with E-state index in [1.165, 1.54) is 18.3 Å². The number of benzene rings is 1. The molecule has 0 radical (unpaired) electrons. The first-order chi connectivity index (χ1) is 11.9. The second kappa shape index (κ2) is 7.27. The van der Waals surface area contributed by atoms with Gasteiger partial charge in [-0.25, -0.2) is 9.18 Å². The van der Waals surface area contributed by atoms with E-state index in [9.17, 15) is 14.3 Å². The molecule has 0 amide bonds. The summed E-state index contributed by atoms with van der Waals surface area (Å²) in [5.41, 5.74) is 1.52. The van der Waals surface area contributed by atoms with Crippen LogP contribution >= 0.6 is 0 Å². The van der Waals surface area contributed by atoms with E-state index in [2.05, 4.69) is 28.7 Å². The van der Waals surface area contributed by atoms with Gasteiger partial charge >= 0.3 is 5.97 Å². The van der Waals surface area contributed by atoms with Gasteiger partial charge in [0.25, 0.3) is 0 Å². The summed E-state index contributed by atoms with van der Waals surface area (Å²) in [4.78, 5) is 22.5. The lowest BCUT2D eigenvalue weighted by Gasteiger charge is -2.20. The Morgan fingerprint density at radius 3 is 2.76 bits per heavy atom. The molecule has 25 heavy (non-hydrogen) atoms. The van der Waals surface area contributed by atoms with Gasteiger partial charge in [-0.2, -0.15) is 0 Å². The molecular formula is C19H22FN3O2. The maximum absolute atomic E-state index is 13.5. The van der Waals surface area contributed by atoms with Gasteiger partial charge in [-0.3, -0.25) is 9.97 Å². The Bertz CT molecular complexity index is 762. The molecule has 1 atom stereocenters. The fraction of sp³-hybridized carbons (Fsp3) is 0.421. The van der Waals surface area contributed by atoms with E-state index in [0.29, 0.717) is 17.7 Å². The van der Waals surface area contributed by atoms with Gasteiger partial charge in [0.2, 0.25) is 0 Å². The van der Waals surface area contributed by atoms with E-state index in [-0.39, 0.29) is 11.1 Å². The SMILES string of the molecule is CC(C)N1CCC(Cc2cnc(-c3cc(F)ccc3C(=O)O)cn2)C1. The molecule has 0 aliphatic carbocycles. The summed E-state index contributed by atoms with van der Waals surface area (Å²) in [6.07, 6.45) is 5.20. The number of nitrogens with zero attached hydrogens (tertiary/aromatic N) is 3. The van der Waals surface area contributed by atoms with Gasteiger partial charge in [-0.1, -0.05) is 0 Å². The van der Waals surface area contributed by atoms with Crippen LogP contribution in [0.25, 0.3) is 11.3 Å². The molecule has 2 aromatic rings. The Balaban J connectivity index is 1.75. The molecule has 1 aromatic heterocycles. The molecule has 1 N–H and O–H groups in total. The van der Waals surface area contributed by atoms with Crippen molar-refractivity contribution in [3.63, 3.8) is 0 Å². The zero-order chi connectivity index (χ0) is 18.0. The van der Waals surface area contributed by atoms with Gasteiger partial charge in [0.1, 0.15) is 5.82 Å². The van der Waals surface area contributed by atoms with Gasteiger partial charge in [-0.15, -0.1) is 0 Å². The molecule has 0 spiro atoms. The summed E-state index contributed by atoms with van der Waals surface area (Å²) < 4.78 is 13.5. The molecule has 2 heterocycles. The quantitative estimate of drug-likeness (QED) is 0.903. The lowest BCUT2D eigenvalue weighted by molar-refractivity contribution is 0.0697. The number of rotatable bonds is 5. The fourth-order valence-electron chi connectivity index (χ4n) is 3.31. The van der Waals surface area contributed by atoms with Crippen LogP contribution in [0.15, 0.2) is 30.6 Å². The molecule has 1 saturated heterocycles. The molecule has 1 aliphatic heterocycles. The third-order valence-corrected chi connectivity index (χ3v) is 4.74. The van der Waals surface area contributed by atoms with Crippen LogP contribution in [-0.2, 0) is 6.42 Å². The minimum atomic E-state index is -1.11. The number of carboxylic acids is 1. The summed E-state index contributed by atoms with van der Waals surface area (Å²) in [7, 11) is 0. The lowest BCUT2D eigenvalue weighted by Crippen LogP contribution is -2.28. The highest BCUT2D eigenvalue weighted by atomic mass is 19.1. The van der Waals surface area contributed by atoms with Gasteiger partial charge in [0.15, 0.2) is 0 Å². The number of hydrogen-bond acceptors (Lipinski definition) is 4. The van der Waals surface area contributed by atoms with Crippen LogP contribution in [0.3, 0.4) is 0 Å². The highest BCUT2D eigenvalue weighted by molar-refractivity contribution is 5.95. The molecule has 3 rings (SSSR count). The predicted octanol–water partition coefficient (Wildman–Crippen LogP) is 3.25. The Labute approximate surface area is 146 Å². The second-order valence-electron chi connectivity index (χ2n) is 6.84. The molecule has 0 bridgehead atoms. The minimum absolute atomic E-state index is 0.0202. The van der Waals surface area contributed by atoms with Crippen molar-refractivity contribution in [2.75, 3.05) is 13.1 Å². The van der Waals surface area contributed by atoms with Crippen molar-refractivity contribution in [1.82, 2.24) is 14.9 Å². The van der Waals surface area contributed by atoms with Gasteiger partial charge < -0.3 is 10.0 Å². The zero-order valence-electron chi connectivity index (χ0n) is 14.4. The molecule has 5 nitrogen and oxygen atoms in total. The smallest absolute Gasteiger partial charge is 0.336 e. The van der Waals surface area contributed by atoms with Gasteiger partial charge in [-0.05, 0) is 57.4 Å². The highest BCUT2D eigenvalue weighted by Crippen LogP contribution is 2.24. The van der Waals surface area contributed by atoms with E-state index < -0.39 is 11.8 Å². The number of carboxylic acid groups (broad SMARTS) is 1. The maximum Gasteiger partial charge on any atom is 0.336 e. The van der Waals surface area contributed by atoms with E-state index in [1.807, 2.05) is 0 Å². The van der Waals surface area contributed by atoms with Crippen molar-refractivity contribution >= 4 is 5.97 Å². The third kappa shape index (κ3) is 4.02. The van der Waals surface area contributed by atoms with Gasteiger partial charge in [0.05, 0.1) is 23.1 Å². The van der Waals surface area contributed by atoms with Crippen molar-refractivity contribution < 1.29 is 14.3 Å². The maximum atomic E-state index is 13.5. The van der Waals surface area contributed by atoms with Crippen LogP contribution in [0.5, 0.6) is 0 Å². The Kier molecular flexibility index (Phi) is 5.08. The Morgan fingerprint density at radius 2 is 2.16 bits per heavy atom. The van der Waals surface area contributed by atoms with Crippen LogP contribution in [-0.4, -0.2) is 45.1 Å². The first kappa shape index (κ1) is 17.5. The van der Waals surface area contributed by atoms with Crippen molar-refractivity contribution in [2.24, 2.45) is 5.92 Å². The normalized spacial score (nSPS) is 18.0. The average molecular weight is 343 g/mol. The summed E-state index contributed by atoms with van der Waals surface area (Å²) in [5.74, 6) is -1.04. The number of halogens is 1. The van der Waals surface area contributed by atoms with E-state index in [4.69, 9.17) is 0 Å². The topological polar surface area (TPSA) is 66.3 Å².